The van der Waals surface area contributed by atoms with Crippen LogP contribution in [0, 0.1) is 0 Å². The summed E-state index contributed by atoms with van der Waals surface area (Å²) in [5.41, 5.74) is 3.32. The number of carbonyl (C=O) groups excluding carboxylic acids is 1. The second-order valence-electron chi connectivity index (χ2n) is 6.14. The summed E-state index contributed by atoms with van der Waals surface area (Å²) < 4.78 is 32.6. The molecule has 25 heavy (non-hydrogen) atoms. The number of hydrogen-bond donors (Lipinski definition) is 2. The smallest absolute Gasteiger partial charge is 0.427 e. The standard InChI is InChI=1S/C17H25N3O4S/c1-13(18-19-17(21)24-2)14-8-7-11-16(12-14)25(22,23)20-15-9-5-3-4-6-10-15/h7-8,11-12,15,20H,3-6,9-10H2,1-2H3,(H,19,21)/b18-13-. The highest BCUT2D eigenvalue weighted by Crippen LogP contribution is 2.20. The number of nitrogens with zero attached hydrogens (tertiary/aromatic N) is 1. The number of amides is 1. The zero-order chi connectivity index (χ0) is 18.3. The van der Waals surface area contributed by atoms with Crippen LogP contribution in [-0.4, -0.2) is 33.4 Å². The highest BCUT2D eigenvalue weighted by molar-refractivity contribution is 7.89. The Balaban J connectivity index is 2.14. The van der Waals surface area contributed by atoms with Gasteiger partial charge in [-0.1, -0.05) is 37.8 Å². The quantitative estimate of drug-likeness (QED) is 0.475. The monoisotopic (exact) mass is 367 g/mol. The zero-order valence-corrected chi connectivity index (χ0v) is 15.4. The Morgan fingerprint density at radius 2 is 1.88 bits per heavy atom. The number of hydrazone groups is 1. The highest BCUT2D eigenvalue weighted by Gasteiger charge is 2.21. The van der Waals surface area contributed by atoms with Gasteiger partial charge in [0.2, 0.25) is 10.0 Å². The van der Waals surface area contributed by atoms with Gasteiger partial charge in [-0.2, -0.15) is 5.10 Å². The van der Waals surface area contributed by atoms with Crippen LogP contribution in [0.25, 0.3) is 0 Å². The van der Waals surface area contributed by atoms with Gasteiger partial charge < -0.3 is 4.74 Å². The Hall–Kier alpha value is -1.93. The fourth-order valence-electron chi connectivity index (χ4n) is 2.81. The molecule has 0 spiro atoms. The van der Waals surface area contributed by atoms with E-state index in [1.54, 1.807) is 31.2 Å². The van der Waals surface area contributed by atoms with Crippen molar-refractivity contribution in [2.24, 2.45) is 5.10 Å². The van der Waals surface area contributed by atoms with Crippen molar-refractivity contribution < 1.29 is 17.9 Å². The number of benzene rings is 1. The fraction of sp³-hybridized carbons (Fsp3) is 0.529. The minimum absolute atomic E-state index is 0.00749. The van der Waals surface area contributed by atoms with Crippen molar-refractivity contribution in [1.29, 1.82) is 0 Å². The first-order valence-corrected chi connectivity index (χ1v) is 9.91. The predicted octanol–water partition coefficient (Wildman–Crippen LogP) is 2.77. The summed E-state index contributed by atoms with van der Waals surface area (Å²) in [5.74, 6) is 0. The summed E-state index contributed by atoms with van der Waals surface area (Å²) in [7, 11) is -2.34. The molecule has 138 valence electrons. The summed E-state index contributed by atoms with van der Waals surface area (Å²) >= 11 is 0. The number of nitrogens with one attached hydrogen (secondary N) is 2. The van der Waals surface area contributed by atoms with Crippen molar-refractivity contribution in [3.05, 3.63) is 29.8 Å². The molecule has 0 aromatic heterocycles. The first kappa shape index (κ1) is 19.4. The van der Waals surface area contributed by atoms with Gasteiger partial charge in [0.25, 0.3) is 0 Å². The molecule has 2 rings (SSSR count). The summed E-state index contributed by atoms with van der Waals surface area (Å²) in [4.78, 5) is 11.3. The largest absolute Gasteiger partial charge is 0.452 e. The third-order valence-corrected chi connectivity index (χ3v) is 5.76. The Labute approximate surface area is 148 Å². The molecule has 1 fully saturated rings. The zero-order valence-electron chi connectivity index (χ0n) is 14.6. The van der Waals surface area contributed by atoms with Crippen LogP contribution >= 0.6 is 0 Å². The average Bonchev–Trinajstić information content (AvgIpc) is 2.87. The van der Waals surface area contributed by atoms with Gasteiger partial charge in [0.1, 0.15) is 0 Å². The fourth-order valence-corrected chi connectivity index (χ4v) is 4.16. The number of ether oxygens (including phenoxy) is 1. The van der Waals surface area contributed by atoms with E-state index >= 15 is 0 Å². The van der Waals surface area contributed by atoms with Crippen LogP contribution in [0.3, 0.4) is 0 Å². The van der Waals surface area contributed by atoms with E-state index in [9.17, 15) is 13.2 Å². The van der Waals surface area contributed by atoms with Crippen molar-refractivity contribution in [1.82, 2.24) is 10.1 Å². The maximum atomic E-state index is 12.7. The first-order valence-electron chi connectivity index (χ1n) is 8.43. The topological polar surface area (TPSA) is 96.9 Å². The van der Waals surface area contributed by atoms with E-state index in [0.29, 0.717) is 11.3 Å². The lowest BCUT2D eigenvalue weighted by atomic mass is 10.1. The number of carbonyl (C=O) groups is 1. The molecule has 0 unspecified atom stereocenters. The lowest BCUT2D eigenvalue weighted by Crippen LogP contribution is -2.34. The molecular formula is C17H25N3O4S. The first-order chi connectivity index (χ1) is 11.9. The van der Waals surface area contributed by atoms with Crippen LogP contribution in [0.1, 0.15) is 51.0 Å². The van der Waals surface area contributed by atoms with Crippen LogP contribution < -0.4 is 10.1 Å². The summed E-state index contributed by atoms with van der Waals surface area (Å²) in [6.45, 7) is 1.68. The van der Waals surface area contributed by atoms with Gasteiger partial charge in [0, 0.05) is 6.04 Å². The summed E-state index contributed by atoms with van der Waals surface area (Å²) in [6, 6.07) is 6.50. The van der Waals surface area contributed by atoms with E-state index in [1.807, 2.05) is 0 Å². The van der Waals surface area contributed by atoms with Gasteiger partial charge in [0.05, 0.1) is 17.7 Å². The third-order valence-electron chi connectivity index (χ3n) is 4.24. The molecule has 7 nitrogen and oxygen atoms in total. The molecule has 0 aliphatic heterocycles. The van der Waals surface area contributed by atoms with Crippen LogP contribution in [0.5, 0.6) is 0 Å². The predicted molar refractivity (Wildman–Crippen MR) is 96.0 cm³/mol. The molecule has 1 aliphatic rings. The summed E-state index contributed by atoms with van der Waals surface area (Å²) in [5, 5.41) is 3.89. The molecule has 0 heterocycles. The van der Waals surface area contributed by atoms with Gasteiger partial charge in [-0.3, -0.25) is 0 Å². The number of sulfonamides is 1. The molecule has 1 aliphatic carbocycles. The molecule has 0 bridgehead atoms. The van der Waals surface area contributed by atoms with Crippen LogP contribution in [0.2, 0.25) is 0 Å². The minimum atomic E-state index is -3.59. The Morgan fingerprint density at radius 1 is 1.20 bits per heavy atom. The third kappa shape index (κ3) is 5.82. The van der Waals surface area contributed by atoms with Gasteiger partial charge in [-0.15, -0.1) is 0 Å². The highest BCUT2D eigenvalue weighted by atomic mass is 32.2. The van der Waals surface area contributed by atoms with Crippen LogP contribution in [0.4, 0.5) is 4.79 Å². The van der Waals surface area contributed by atoms with Crippen molar-refractivity contribution in [2.75, 3.05) is 7.11 Å². The maximum Gasteiger partial charge on any atom is 0.427 e. The number of rotatable bonds is 5. The van der Waals surface area contributed by atoms with Crippen molar-refractivity contribution in [3.8, 4) is 0 Å². The molecule has 0 radical (unpaired) electrons. The van der Waals surface area contributed by atoms with Gasteiger partial charge in [-0.05, 0) is 37.5 Å². The minimum Gasteiger partial charge on any atom is -0.452 e. The normalized spacial score (nSPS) is 17.0. The molecular weight excluding hydrogens is 342 g/mol. The molecule has 1 amide bonds. The van der Waals surface area contributed by atoms with Gasteiger partial charge in [0.15, 0.2) is 0 Å². The van der Waals surface area contributed by atoms with E-state index in [2.05, 4.69) is 20.0 Å². The SMILES string of the molecule is COC(=O)N/N=C(/C)c1cccc(S(=O)(=O)NC2CCCCCC2)c1. The average molecular weight is 367 g/mol. The Morgan fingerprint density at radius 3 is 2.52 bits per heavy atom. The van der Waals surface area contributed by atoms with Crippen molar-refractivity contribution in [2.45, 2.75) is 56.4 Å². The van der Waals surface area contributed by atoms with Crippen LogP contribution in [0.15, 0.2) is 34.3 Å². The van der Waals surface area contributed by atoms with E-state index in [4.69, 9.17) is 0 Å². The van der Waals surface area contributed by atoms with E-state index < -0.39 is 16.1 Å². The lowest BCUT2D eigenvalue weighted by molar-refractivity contribution is 0.171. The lowest BCUT2D eigenvalue weighted by Gasteiger charge is -2.16. The number of methoxy groups -OCH3 is 1. The van der Waals surface area contributed by atoms with Crippen molar-refractivity contribution in [3.63, 3.8) is 0 Å². The van der Waals surface area contributed by atoms with E-state index in [1.165, 1.54) is 7.11 Å². The summed E-state index contributed by atoms with van der Waals surface area (Å²) in [6.07, 6.45) is 5.51. The maximum absolute atomic E-state index is 12.7. The van der Waals surface area contributed by atoms with Crippen molar-refractivity contribution >= 4 is 21.8 Å². The molecule has 8 heteroatoms. The number of hydrogen-bond acceptors (Lipinski definition) is 5. The molecule has 2 N–H and O–H groups in total. The molecule has 0 atom stereocenters. The van der Waals surface area contributed by atoms with Crippen LogP contribution in [-0.2, 0) is 14.8 Å². The molecule has 0 saturated heterocycles. The second kappa shape index (κ2) is 8.96. The van der Waals surface area contributed by atoms with Gasteiger partial charge >= 0.3 is 6.09 Å². The molecule has 1 aromatic rings. The van der Waals surface area contributed by atoms with Gasteiger partial charge in [-0.25, -0.2) is 23.4 Å². The second-order valence-corrected chi connectivity index (χ2v) is 7.85. The van der Waals surface area contributed by atoms with E-state index in [0.717, 1.165) is 38.5 Å². The molecule has 1 aromatic carbocycles. The van der Waals surface area contributed by atoms with E-state index in [-0.39, 0.29) is 10.9 Å². The Bertz CT molecular complexity index is 723. The molecule has 1 saturated carbocycles. The Kier molecular flexibility index (Phi) is 6.95.